The fourth-order valence-corrected chi connectivity index (χ4v) is 0.516. The van der Waals surface area contributed by atoms with Crippen LogP contribution in [0.3, 0.4) is 0 Å². The molecule has 0 aromatic heterocycles. The molecule has 58 valence electrons. The molecule has 0 aliphatic carbocycles. The van der Waals surface area contributed by atoms with Crippen LogP contribution >= 0.6 is 0 Å². The van der Waals surface area contributed by atoms with Gasteiger partial charge in [-0.1, -0.05) is 0 Å². The first kappa shape index (κ1) is 9.41. The van der Waals surface area contributed by atoms with Crippen molar-refractivity contribution in [3.63, 3.8) is 0 Å². The average molecular weight is 142 g/mol. The lowest BCUT2D eigenvalue weighted by Gasteiger charge is -2.10. The summed E-state index contributed by atoms with van der Waals surface area (Å²) in [6, 6.07) is 0. The Hall–Kier alpha value is -0.590. The van der Waals surface area contributed by atoms with E-state index in [1.165, 1.54) is 0 Å². The van der Waals surface area contributed by atoms with Gasteiger partial charge in [-0.15, -0.1) is 0 Å². The molecule has 0 aromatic carbocycles. The monoisotopic (exact) mass is 142 g/mol. The Labute approximate surface area is 62.2 Å². The van der Waals surface area contributed by atoms with Crippen molar-refractivity contribution in [3.05, 3.63) is 11.4 Å². The predicted octanol–water partition coefficient (Wildman–Crippen LogP) is 0.532. The van der Waals surface area contributed by atoms with Crippen LogP contribution in [0.2, 0.25) is 0 Å². The lowest BCUT2D eigenvalue weighted by atomic mass is 10.5. The first-order valence-corrected chi connectivity index (χ1v) is 3.53. The van der Waals surface area contributed by atoms with Crippen molar-refractivity contribution in [1.82, 2.24) is 5.32 Å². The molecule has 0 spiro atoms. The Kier molecular flexibility index (Phi) is 7.91. The number of rotatable bonds is 0. The van der Waals surface area contributed by atoms with Crippen LogP contribution in [-0.2, 0) is 4.74 Å². The molecular formula is C7H14N2O. The SMILES string of the molecule is C1COCCN1.[C-]#[N+]CC. The molecular weight excluding hydrogens is 128 g/mol. The van der Waals surface area contributed by atoms with Gasteiger partial charge in [-0.3, -0.25) is 0 Å². The zero-order valence-electron chi connectivity index (χ0n) is 6.39. The summed E-state index contributed by atoms with van der Waals surface area (Å²) < 4.78 is 5.01. The van der Waals surface area contributed by atoms with Gasteiger partial charge >= 0.3 is 0 Å². The third kappa shape index (κ3) is 7.41. The smallest absolute Gasteiger partial charge is 0.211 e. The summed E-state index contributed by atoms with van der Waals surface area (Å²) in [5.41, 5.74) is 0. The van der Waals surface area contributed by atoms with Crippen molar-refractivity contribution in [1.29, 1.82) is 0 Å². The highest BCUT2D eigenvalue weighted by Gasteiger charge is 1.92. The van der Waals surface area contributed by atoms with E-state index in [1.54, 1.807) is 0 Å². The fourth-order valence-electron chi connectivity index (χ4n) is 0.516. The van der Waals surface area contributed by atoms with Gasteiger partial charge in [-0.05, 0) is 0 Å². The lowest BCUT2D eigenvalue weighted by molar-refractivity contribution is 0.109. The van der Waals surface area contributed by atoms with E-state index < -0.39 is 0 Å². The Bertz CT molecular complexity index is 82.8. The lowest BCUT2D eigenvalue weighted by Crippen LogP contribution is -2.30. The molecule has 3 heteroatoms. The number of nitrogens with one attached hydrogen (secondary N) is 1. The topological polar surface area (TPSA) is 25.6 Å². The zero-order chi connectivity index (χ0) is 7.66. The third-order valence-corrected chi connectivity index (χ3v) is 1.00. The number of morpholine rings is 1. The van der Waals surface area contributed by atoms with Gasteiger partial charge in [-0.2, -0.15) is 0 Å². The van der Waals surface area contributed by atoms with Gasteiger partial charge < -0.3 is 14.9 Å². The second-order valence-electron chi connectivity index (χ2n) is 1.84. The number of nitrogens with zero attached hydrogens (tertiary/aromatic N) is 1. The van der Waals surface area contributed by atoms with E-state index >= 15 is 0 Å². The van der Waals surface area contributed by atoms with E-state index in [1.807, 2.05) is 6.92 Å². The van der Waals surface area contributed by atoms with Crippen LogP contribution in [0.25, 0.3) is 4.85 Å². The molecule has 0 bridgehead atoms. The normalized spacial score (nSPS) is 16.4. The maximum absolute atomic E-state index is 6.08. The molecule has 0 saturated carbocycles. The molecule has 1 rings (SSSR count). The molecule has 0 aromatic rings. The summed E-state index contributed by atoms with van der Waals surface area (Å²) in [4.78, 5) is 2.99. The molecule has 0 unspecified atom stereocenters. The molecule has 3 nitrogen and oxygen atoms in total. The van der Waals surface area contributed by atoms with Gasteiger partial charge in [-0.25, -0.2) is 6.57 Å². The third-order valence-electron chi connectivity index (χ3n) is 1.00. The van der Waals surface area contributed by atoms with Gasteiger partial charge in [0, 0.05) is 20.0 Å². The Balaban J connectivity index is 0.000000180. The maximum Gasteiger partial charge on any atom is 0.211 e. The van der Waals surface area contributed by atoms with Crippen LogP contribution in [0, 0.1) is 6.57 Å². The van der Waals surface area contributed by atoms with Crippen molar-refractivity contribution in [2.75, 3.05) is 32.8 Å². The first-order chi connectivity index (χ1) is 4.91. The molecule has 0 amide bonds. The van der Waals surface area contributed by atoms with E-state index in [9.17, 15) is 0 Å². The second-order valence-corrected chi connectivity index (χ2v) is 1.84. The number of hydrogen-bond acceptors (Lipinski definition) is 2. The highest BCUT2D eigenvalue weighted by Crippen LogP contribution is 1.76. The van der Waals surface area contributed by atoms with Crippen molar-refractivity contribution in [3.8, 4) is 0 Å². The molecule has 1 aliphatic heterocycles. The molecule has 1 heterocycles. The summed E-state index contributed by atoms with van der Waals surface area (Å²) in [6.07, 6.45) is 0. The summed E-state index contributed by atoms with van der Waals surface area (Å²) in [6.45, 7) is 12.3. The van der Waals surface area contributed by atoms with Crippen LogP contribution in [-0.4, -0.2) is 32.8 Å². The molecule has 0 atom stereocenters. The van der Waals surface area contributed by atoms with E-state index in [0.29, 0.717) is 6.54 Å². The molecule has 1 N–H and O–H groups in total. The summed E-state index contributed by atoms with van der Waals surface area (Å²) in [5, 5.41) is 3.16. The molecule has 10 heavy (non-hydrogen) atoms. The van der Waals surface area contributed by atoms with Gasteiger partial charge in [0.2, 0.25) is 6.54 Å². The summed E-state index contributed by atoms with van der Waals surface area (Å²) >= 11 is 0. The van der Waals surface area contributed by atoms with Crippen molar-refractivity contribution in [2.24, 2.45) is 0 Å². The highest BCUT2D eigenvalue weighted by atomic mass is 16.5. The standard InChI is InChI=1S/C4H9NO.C3H5N/c1-3-6-4-2-5-1;1-3-4-2/h5H,1-4H2;3H2,1H3. The van der Waals surface area contributed by atoms with Gasteiger partial charge in [0.25, 0.3) is 0 Å². The molecule has 0 radical (unpaired) electrons. The summed E-state index contributed by atoms with van der Waals surface area (Å²) in [7, 11) is 0. The maximum atomic E-state index is 6.08. The van der Waals surface area contributed by atoms with Gasteiger partial charge in [0.15, 0.2) is 0 Å². The minimum absolute atomic E-state index is 0.611. The van der Waals surface area contributed by atoms with E-state index in [4.69, 9.17) is 11.3 Å². The van der Waals surface area contributed by atoms with Crippen molar-refractivity contribution >= 4 is 0 Å². The van der Waals surface area contributed by atoms with Gasteiger partial charge in [0.05, 0.1) is 13.2 Å². The van der Waals surface area contributed by atoms with Crippen LogP contribution in [0.15, 0.2) is 0 Å². The zero-order valence-corrected chi connectivity index (χ0v) is 6.39. The van der Waals surface area contributed by atoms with Gasteiger partial charge in [0.1, 0.15) is 0 Å². The molecule has 1 aliphatic rings. The van der Waals surface area contributed by atoms with E-state index in [2.05, 4.69) is 10.2 Å². The highest BCUT2D eigenvalue weighted by molar-refractivity contribution is 4.49. The summed E-state index contributed by atoms with van der Waals surface area (Å²) in [5.74, 6) is 0. The fraction of sp³-hybridized carbons (Fsp3) is 0.857. The Morgan fingerprint density at radius 1 is 1.50 bits per heavy atom. The van der Waals surface area contributed by atoms with Crippen molar-refractivity contribution in [2.45, 2.75) is 6.92 Å². The number of ether oxygens (including phenoxy) is 1. The molecule has 1 saturated heterocycles. The molecule has 1 fully saturated rings. The Morgan fingerprint density at radius 2 is 2.00 bits per heavy atom. The predicted molar refractivity (Wildman–Crippen MR) is 40.8 cm³/mol. The van der Waals surface area contributed by atoms with E-state index in [0.717, 1.165) is 26.3 Å². The van der Waals surface area contributed by atoms with Crippen LogP contribution in [0.5, 0.6) is 0 Å². The van der Waals surface area contributed by atoms with Crippen LogP contribution in [0.1, 0.15) is 6.92 Å². The quantitative estimate of drug-likeness (QED) is 0.499. The van der Waals surface area contributed by atoms with Crippen LogP contribution < -0.4 is 5.32 Å². The average Bonchev–Trinajstić information content (AvgIpc) is 2.08. The largest absolute Gasteiger partial charge is 0.379 e. The minimum atomic E-state index is 0.611. The van der Waals surface area contributed by atoms with E-state index in [-0.39, 0.29) is 0 Å². The Morgan fingerprint density at radius 3 is 2.10 bits per heavy atom. The van der Waals surface area contributed by atoms with Crippen molar-refractivity contribution < 1.29 is 4.74 Å². The van der Waals surface area contributed by atoms with Crippen LogP contribution in [0.4, 0.5) is 0 Å². The second kappa shape index (κ2) is 8.41. The number of hydrogen-bond donors (Lipinski definition) is 1. The minimum Gasteiger partial charge on any atom is -0.379 e. The first-order valence-electron chi connectivity index (χ1n) is 3.53.